The highest BCUT2D eigenvalue weighted by Gasteiger charge is 2.33. The lowest BCUT2D eigenvalue weighted by molar-refractivity contribution is -0.137. The van der Waals surface area contributed by atoms with Crippen LogP contribution in [0.25, 0.3) is 0 Å². The molecule has 0 spiro atoms. The summed E-state index contributed by atoms with van der Waals surface area (Å²) in [5.41, 5.74) is -0.982. The Labute approximate surface area is 157 Å². The van der Waals surface area contributed by atoms with Crippen molar-refractivity contribution in [3.05, 3.63) is 64.8 Å². The van der Waals surface area contributed by atoms with Crippen molar-refractivity contribution in [3.8, 4) is 11.8 Å². The lowest BCUT2D eigenvalue weighted by atomic mass is 10.2. The van der Waals surface area contributed by atoms with E-state index in [9.17, 15) is 28.3 Å². The molecule has 0 aliphatic heterocycles. The van der Waals surface area contributed by atoms with Gasteiger partial charge in [-0.05, 0) is 42.5 Å². The molecule has 140 valence electrons. The Morgan fingerprint density at radius 3 is 2.44 bits per heavy atom. The Bertz CT molecular complexity index is 919. The van der Waals surface area contributed by atoms with Crippen molar-refractivity contribution in [3.63, 3.8) is 0 Å². The zero-order chi connectivity index (χ0) is 20.2. The summed E-state index contributed by atoms with van der Waals surface area (Å²) in [6.07, 6.45) is -3.45. The van der Waals surface area contributed by atoms with Gasteiger partial charge >= 0.3 is 6.18 Å². The molecule has 2 rings (SSSR count). The number of aromatic hydroxyl groups is 1. The van der Waals surface area contributed by atoms with E-state index in [0.717, 1.165) is 6.07 Å². The van der Waals surface area contributed by atoms with E-state index in [0.29, 0.717) is 11.8 Å². The van der Waals surface area contributed by atoms with Gasteiger partial charge in [0, 0.05) is 24.6 Å². The summed E-state index contributed by atoms with van der Waals surface area (Å²) in [6.45, 7) is 0. The number of carbonyl (C=O) groups excluding carboxylic acids is 1. The maximum absolute atomic E-state index is 12.9. The second-order valence-corrected chi connectivity index (χ2v) is 5.84. The summed E-state index contributed by atoms with van der Waals surface area (Å²) in [4.78, 5) is 13.7. The van der Waals surface area contributed by atoms with Crippen molar-refractivity contribution in [2.45, 2.75) is 6.18 Å². The predicted octanol–water partition coefficient (Wildman–Crippen LogP) is 4.55. The van der Waals surface area contributed by atoms with Crippen LogP contribution in [0.4, 0.5) is 24.5 Å². The molecule has 0 fully saturated rings. The van der Waals surface area contributed by atoms with E-state index in [1.54, 1.807) is 25.2 Å². The summed E-state index contributed by atoms with van der Waals surface area (Å²) >= 11 is 5.53. The van der Waals surface area contributed by atoms with Crippen LogP contribution >= 0.6 is 11.6 Å². The Kier molecular flexibility index (Phi) is 5.98. The van der Waals surface area contributed by atoms with E-state index >= 15 is 0 Å². The topological polar surface area (TPSA) is 76.4 Å². The minimum atomic E-state index is -4.68. The number of phenolic OH excluding ortho intramolecular Hbond substituents is 1. The lowest BCUT2D eigenvalue weighted by Gasteiger charge is -2.15. The van der Waals surface area contributed by atoms with Gasteiger partial charge in [0.1, 0.15) is 17.4 Å². The number of benzene rings is 2. The van der Waals surface area contributed by atoms with Crippen molar-refractivity contribution in [1.82, 2.24) is 0 Å². The number of hydrogen-bond acceptors (Lipinski definition) is 4. The van der Waals surface area contributed by atoms with Gasteiger partial charge in [-0.1, -0.05) is 11.6 Å². The summed E-state index contributed by atoms with van der Waals surface area (Å²) in [5, 5.41) is 20.2. The number of alkyl halides is 3. The fraction of sp³-hybridized carbons (Fsp3) is 0.111. The molecule has 0 heterocycles. The number of amides is 1. The van der Waals surface area contributed by atoms with Gasteiger partial charge in [0.05, 0.1) is 10.6 Å². The van der Waals surface area contributed by atoms with Crippen LogP contribution in [0.1, 0.15) is 5.56 Å². The minimum Gasteiger partial charge on any atom is -0.508 e. The Balaban J connectivity index is 2.22. The van der Waals surface area contributed by atoms with E-state index in [1.807, 2.05) is 0 Å². The highest BCUT2D eigenvalue weighted by molar-refractivity contribution is 6.31. The molecular weight excluding hydrogens is 383 g/mol. The van der Waals surface area contributed by atoms with Gasteiger partial charge in [-0.25, -0.2) is 0 Å². The van der Waals surface area contributed by atoms with E-state index in [-0.39, 0.29) is 17.0 Å². The molecule has 2 N–H and O–H groups in total. The molecule has 9 heteroatoms. The quantitative estimate of drug-likeness (QED) is 0.588. The van der Waals surface area contributed by atoms with Gasteiger partial charge < -0.3 is 15.3 Å². The average molecular weight is 396 g/mol. The summed E-state index contributed by atoms with van der Waals surface area (Å²) in [7, 11) is 1.57. The number of hydrogen-bond donors (Lipinski definition) is 2. The average Bonchev–Trinajstić information content (AvgIpc) is 2.60. The zero-order valence-corrected chi connectivity index (χ0v) is 14.6. The number of phenols is 1. The summed E-state index contributed by atoms with van der Waals surface area (Å²) in [5.74, 6) is -0.823. The first-order chi connectivity index (χ1) is 12.6. The molecule has 27 heavy (non-hydrogen) atoms. The Morgan fingerprint density at radius 1 is 1.26 bits per heavy atom. The second-order valence-electron chi connectivity index (χ2n) is 5.43. The number of halogens is 4. The van der Waals surface area contributed by atoms with Crippen LogP contribution < -0.4 is 10.2 Å². The summed E-state index contributed by atoms with van der Waals surface area (Å²) < 4.78 is 38.7. The monoisotopic (exact) mass is 395 g/mol. The largest absolute Gasteiger partial charge is 0.508 e. The molecule has 0 atom stereocenters. The first-order valence-electron chi connectivity index (χ1n) is 7.43. The number of carbonyl (C=O) groups is 1. The second kappa shape index (κ2) is 8.01. The van der Waals surface area contributed by atoms with Crippen molar-refractivity contribution in [2.75, 3.05) is 17.3 Å². The first-order valence-corrected chi connectivity index (χ1v) is 7.81. The normalized spacial score (nSPS) is 11.6. The van der Waals surface area contributed by atoms with Crippen LogP contribution in [0.3, 0.4) is 0 Å². The van der Waals surface area contributed by atoms with Gasteiger partial charge in [0.15, 0.2) is 0 Å². The summed E-state index contributed by atoms with van der Waals surface area (Å²) in [6, 6.07) is 10.6. The maximum atomic E-state index is 12.9. The van der Waals surface area contributed by atoms with Crippen LogP contribution in [-0.4, -0.2) is 18.1 Å². The van der Waals surface area contributed by atoms with Gasteiger partial charge in [-0.3, -0.25) is 4.79 Å². The van der Waals surface area contributed by atoms with Gasteiger partial charge in [-0.15, -0.1) is 0 Å². The van der Waals surface area contributed by atoms with E-state index < -0.39 is 22.7 Å². The molecule has 0 aromatic heterocycles. The van der Waals surface area contributed by atoms with Crippen LogP contribution in [0.2, 0.25) is 5.02 Å². The lowest BCUT2D eigenvalue weighted by Crippen LogP contribution is -2.18. The molecule has 2 aromatic rings. The Morgan fingerprint density at radius 2 is 1.89 bits per heavy atom. The first kappa shape index (κ1) is 20.1. The number of nitrogens with zero attached hydrogens (tertiary/aromatic N) is 2. The van der Waals surface area contributed by atoms with Gasteiger partial charge in [0.2, 0.25) is 0 Å². The third-order valence-electron chi connectivity index (χ3n) is 3.47. The molecule has 0 bridgehead atoms. The van der Waals surface area contributed by atoms with Gasteiger partial charge in [0.25, 0.3) is 5.91 Å². The number of rotatable bonds is 4. The highest BCUT2D eigenvalue weighted by atomic mass is 35.5. The molecule has 1 amide bonds. The number of nitriles is 1. The van der Waals surface area contributed by atoms with Crippen LogP contribution in [0, 0.1) is 11.3 Å². The number of nitrogens with one attached hydrogen (secondary N) is 1. The number of anilines is 2. The molecule has 0 saturated carbocycles. The van der Waals surface area contributed by atoms with Crippen LogP contribution in [-0.2, 0) is 11.0 Å². The molecule has 0 radical (unpaired) electrons. The molecule has 2 aromatic carbocycles. The van der Waals surface area contributed by atoms with E-state index in [2.05, 4.69) is 5.32 Å². The fourth-order valence-corrected chi connectivity index (χ4v) is 2.34. The van der Waals surface area contributed by atoms with Crippen molar-refractivity contribution in [2.24, 2.45) is 0 Å². The maximum Gasteiger partial charge on any atom is 0.417 e. The third-order valence-corrected chi connectivity index (χ3v) is 3.80. The van der Waals surface area contributed by atoms with E-state index in [4.69, 9.17) is 11.6 Å². The molecule has 0 saturated heterocycles. The van der Waals surface area contributed by atoms with Crippen molar-refractivity contribution < 1.29 is 23.1 Å². The molecule has 0 aliphatic rings. The predicted molar refractivity (Wildman–Crippen MR) is 95.3 cm³/mol. The smallest absolute Gasteiger partial charge is 0.417 e. The molecule has 5 nitrogen and oxygen atoms in total. The zero-order valence-electron chi connectivity index (χ0n) is 13.9. The SMILES string of the molecule is CN(/C=C(/C#N)C(=O)Nc1ccc(Cl)c(C(F)(F)F)c1)c1ccc(O)cc1. The Hall–Kier alpha value is -3.18. The minimum absolute atomic E-state index is 0.0533. The highest BCUT2D eigenvalue weighted by Crippen LogP contribution is 2.36. The fourth-order valence-electron chi connectivity index (χ4n) is 2.11. The molecule has 0 aliphatic carbocycles. The van der Waals surface area contributed by atoms with Crippen molar-refractivity contribution >= 4 is 28.9 Å². The molecular formula is C18H13ClF3N3O2. The van der Waals surface area contributed by atoms with Gasteiger partial charge in [-0.2, -0.15) is 18.4 Å². The standard InChI is InChI=1S/C18H13ClF3N3O2/c1-25(13-3-5-14(26)6-4-13)10-11(9-23)17(27)24-12-2-7-16(19)15(8-12)18(20,21)22/h2-8,10,26H,1H3,(H,24,27)/b11-10-. The van der Waals surface area contributed by atoms with Crippen molar-refractivity contribution in [1.29, 1.82) is 5.26 Å². The van der Waals surface area contributed by atoms with E-state index in [1.165, 1.54) is 29.3 Å². The molecule has 0 unspecified atom stereocenters. The van der Waals surface area contributed by atoms with Crippen LogP contribution in [0.15, 0.2) is 54.2 Å². The third kappa shape index (κ3) is 5.15. The van der Waals surface area contributed by atoms with Crippen LogP contribution in [0.5, 0.6) is 5.75 Å².